The first kappa shape index (κ1) is 31.1. The number of amides is 1. The van der Waals surface area contributed by atoms with Gasteiger partial charge in [-0.2, -0.15) is 0 Å². The predicted octanol–water partition coefficient (Wildman–Crippen LogP) is 6.16. The van der Waals surface area contributed by atoms with E-state index in [1.807, 2.05) is 13.8 Å². The zero-order chi connectivity index (χ0) is 31.5. The quantitative estimate of drug-likeness (QED) is 0.0883. The number of hydrogen-bond acceptors (Lipinski definition) is 10. The number of anilines is 1. The first-order valence-electron chi connectivity index (χ1n) is 14.7. The molecule has 0 spiro atoms. The largest absolute Gasteiger partial charge is 0.507 e. The number of unbranched alkanes of at least 4 members (excludes halogenated alkanes) is 2. The Morgan fingerprint density at radius 1 is 1.11 bits per heavy atom. The summed E-state index contributed by atoms with van der Waals surface area (Å²) >= 11 is 0.944. The lowest BCUT2D eigenvalue weighted by Crippen LogP contribution is -2.29. The van der Waals surface area contributed by atoms with Gasteiger partial charge in [0.15, 0.2) is 16.6 Å². The molecule has 0 radical (unpaired) electrons. The van der Waals surface area contributed by atoms with Gasteiger partial charge < -0.3 is 24.1 Å². The second kappa shape index (κ2) is 13.1. The number of ether oxygens (including phenoxy) is 4. The van der Waals surface area contributed by atoms with Crippen molar-refractivity contribution in [2.45, 2.75) is 65.5 Å². The van der Waals surface area contributed by atoms with Crippen LogP contribution in [-0.4, -0.2) is 54.2 Å². The zero-order valence-corrected chi connectivity index (χ0v) is 26.3. The lowest BCUT2D eigenvalue weighted by molar-refractivity contribution is -0.132. The molecule has 2 atom stereocenters. The van der Waals surface area contributed by atoms with Crippen LogP contribution in [0.4, 0.5) is 5.13 Å². The Balaban J connectivity index is 1.65. The van der Waals surface area contributed by atoms with E-state index in [4.69, 9.17) is 18.9 Å². The van der Waals surface area contributed by atoms with Gasteiger partial charge in [-0.1, -0.05) is 37.2 Å². The van der Waals surface area contributed by atoms with Gasteiger partial charge in [-0.15, -0.1) is 0 Å². The molecule has 1 N–H and O–H groups in total. The summed E-state index contributed by atoms with van der Waals surface area (Å²) in [6.45, 7) is 8.43. The second-order valence-electron chi connectivity index (χ2n) is 10.7. The summed E-state index contributed by atoms with van der Waals surface area (Å²) in [5.41, 5.74) is 2.04. The average molecular weight is 621 g/mol. The summed E-state index contributed by atoms with van der Waals surface area (Å²) in [7, 11) is 1.26. The van der Waals surface area contributed by atoms with Crippen LogP contribution in [0.2, 0.25) is 0 Å². The smallest absolute Gasteiger partial charge is 0.350 e. The molecular weight excluding hydrogens is 584 g/mol. The van der Waals surface area contributed by atoms with Crippen LogP contribution in [-0.2, 0) is 20.7 Å². The van der Waals surface area contributed by atoms with Crippen LogP contribution in [0.5, 0.6) is 17.2 Å². The van der Waals surface area contributed by atoms with E-state index in [1.165, 1.54) is 12.0 Å². The van der Waals surface area contributed by atoms with Crippen molar-refractivity contribution in [2.75, 3.05) is 25.2 Å². The minimum atomic E-state index is -1.07. The number of rotatable bonds is 11. The Labute approximate surface area is 260 Å². The van der Waals surface area contributed by atoms with Gasteiger partial charge in [0.1, 0.15) is 22.5 Å². The molecule has 0 aliphatic carbocycles. The maximum atomic E-state index is 13.7. The van der Waals surface area contributed by atoms with Crippen molar-refractivity contribution in [1.29, 1.82) is 0 Å². The number of carbonyl (C=O) groups excluding carboxylic acids is 3. The number of aromatic nitrogens is 1. The Bertz CT molecular complexity index is 1630. The number of aryl methyl sites for hydroxylation is 1. The van der Waals surface area contributed by atoms with Crippen molar-refractivity contribution < 1.29 is 38.4 Å². The molecule has 11 heteroatoms. The van der Waals surface area contributed by atoms with Crippen LogP contribution in [0.1, 0.15) is 78.1 Å². The number of carbonyl (C=O) groups is 3. The SMILES string of the molecule is CCCCCOc1ccc([C@@H]2C(=C(O)c3ccc4c(c3)C[C@H](C)O4)C(=O)C(=O)N2c2nc(C)c(C(=O)OC)s2)cc1OCC. The Morgan fingerprint density at radius 2 is 1.91 bits per heavy atom. The summed E-state index contributed by atoms with van der Waals surface area (Å²) in [4.78, 5) is 45.8. The van der Waals surface area contributed by atoms with E-state index in [0.29, 0.717) is 48.0 Å². The van der Waals surface area contributed by atoms with E-state index in [0.717, 1.165) is 41.9 Å². The molecule has 0 bridgehead atoms. The highest BCUT2D eigenvalue weighted by atomic mass is 32.1. The molecule has 3 aromatic rings. The number of esters is 1. The number of fused-ring (bicyclic) bond motifs is 1. The molecule has 232 valence electrons. The Hall–Kier alpha value is -4.38. The van der Waals surface area contributed by atoms with Gasteiger partial charge in [0.2, 0.25) is 0 Å². The highest BCUT2D eigenvalue weighted by Crippen LogP contribution is 2.46. The van der Waals surface area contributed by atoms with E-state index in [2.05, 4.69) is 11.9 Å². The highest BCUT2D eigenvalue weighted by Gasteiger charge is 2.49. The van der Waals surface area contributed by atoms with Gasteiger partial charge in [0.25, 0.3) is 5.78 Å². The molecule has 10 nitrogen and oxygen atoms in total. The number of thiazole rings is 1. The lowest BCUT2D eigenvalue weighted by Gasteiger charge is -2.24. The molecule has 2 aliphatic heterocycles. The Kier molecular flexibility index (Phi) is 9.24. The van der Waals surface area contributed by atoms with E-state index in [9.17, 15) is 19.5 Å². The number of Topliss-reactive ketones (excluding diaryl/α,β-unsaturated/α-hetero) is 1. The molecule has 0 unspecified atom stereocenters. The van der Waals surface area contributed by atoms with Gasteiger partial charge in [-0.3, -0.25) is 14.5 Å². The molecule has 2 aliphatic rings. The third-order valence-corrected chi connectivity index (χ3v) is 8.70. The number of methoxy groups -OCH3 is 1. The van der Waals surface area contributed by atoms with Crippen molar-refractivity contribution in [3.8, 4) is 17.2 Å². The highest BCUT2D eigenvalue weighted by molar-refractivity contribution is 7.17. The Morgan fingerprint density at radius 3 is 2.64 bits per heavy atom. The maximum Gasteiger partial charge on any atom is 0.350 e. The third-order valence-electron chi connectivity index (χ3n) is 7.56. The van der Waals surface area contributed by atoms with Gasteiger partial charge >= 0.3 is 11.9 Å². The normalized spacial score (nSPS) is 18.7. The molecular formula is C33H36N2O8S. The first-order chi connectivity index (χ1) is 21.2. The van der Waals surface area contributed by atoms with E-state index >= 15 is 0 Å². The van der Waals surface area contributed by atoms with Gasteiger partial charge in [-0.05, 0) is 68.7 Å². The summed E-state index contributed by atoms with van der Waals surface area (Å²) in [6, 6.07) is 9.34. The first-order valence-corrected chi connectivity index (χ1v) is 15.6. The molecule has 44 heavy (non-hydrogen) atoms. The molecule has 0 saturated carbocycles. The maximum absolute atomic E-state index is 13.7. The number of aliphatic hydroxyl groups is 1. The summed E-state index contributed by atoms with van der Waals surface area (Å²) in [6.07, 6.45) is 3.62. The average Bonchev–Trinajstić information content (AvgIpc) is 3.66. The molecule has 1 fully saturated rings. The van der Waals surface area contributed by atoms with Crippen LogP contribution in [0.15, 0.2) is 42.0 Å². The number of nitrogens with zero attached hydrogens (tertiary/aromatic N) is 2. The fourth-order valence-corrected chi connectivity index (χ4v) is 6.47. The van der Waals surface area contributed by atoms with Crippen LogP contribution in [0, 0.1) is 6.92 Å². The predicted molar refractivity (Wildman–Crippen MR) is 166 cm³/mol. The summed E-state index contributed by atoms with van der Waals surface area (Å²) in [5, 5.41) is 11.8. The summed E-state index contributed by atoms with van der Waals surface area (Å²) < 4.78 is 22.6. The van der Waals surface area contributed by atoms with Crippen molar-refractivity contribution in [2.24, 2.45) is 0 Å². The number of benzene rings is 2. The van der Waals surface area contributed by atoms with Gasteiger partial charge in [0.05, 0.1) is 37.6 Å². The fraction of sp³-hybridized carbons (Fsp3) is 0.394. The van der Waals surface area contributed by atoms with E-state index in [-0.39, 0.29) is 27.4 Å². The molecule has 3 heterocycles. The van der Waals surface area contributed by atoms with Crippen LogP contribution >= 0.6 is 11.3 Å². The number of hydrogen-bond donors (Lipinski definition) is 1. The molecule has 1 saturated heterocycles. The van der Waals surface area contributed by atoms with Crippen LogP contribution < -0.4 is 19.1 Å². The van der Waals surface area contributed by atoms with Gasteiger partial charge in [-0.25, -0.2) is 9.78 Å². The van der Waals surface area contributed by atoms with Crippen molar-refractivity contribution in [3.05, 3.63) is 69.2 Å². The molecule has 1 aromatic heterocycles. The number of ketones is 1. The van der Waals surface area contributed by atoms with Crippen molar-refractivity contribution in [1.82, 2.24) is 4.98 Å². The van der Waals surface area contributed by atoms with Crippen molar-refractivity contribution >= 4 is 39.9 Å². The topological polar surface area (TPSA) is 124 Å². The summed E-state index contributed by atoms with van der Waals surface area (Å²) in [5.74, 6) is -0.971. The molecule has 1 amide bonds. The molecule has 5 rings (SSSR count). The van der Waals surface area contributed by atoms with Gasteiger partial charge in [0, 0.05) is 12.0 Å². The fourth-order valence-electron chi connectivity index (χ4n) is 5.45. The molecule has 2 aromatic carbocycles. The van der Waals surface area contributed by atoms with Crippen LogP contribution in [0.3, 0.4) is 0 Å². The lowest BCUT2D eigenvalue weighted by atomic mass is 9.94. The minimum absolute atomic E-state index is 0.00943. The minimum Gasteiger partial charge on any atom is -0.507 e. The number of aliphatic hydroxyl groups excluding tert-OH is 1. The standard InChI is InChI=1S/C33H36N2O8S/c1-6-8-9-14-42-24-13-10-20(17-25(24)41-7-2)27-26(28(36)21-11-12-23-22(16-21)15-18(3)43-23)29(37)31(38)35(27)33-34-19(4)30(44-33)32(39)40-5/h10-13,16-18,27,36H,6-9,14-15H2,1-5H3/t18-,27+/m0/s1. The third kappa shape index (κ3) is 5.88. The van der Waals surface area contributed by atoms with E-state index in [1.54, 1.807) is 43.3 Å². The van der Waals surface area contributed by atoms with E-state index < -0.39 is 23.7 Å². The van der Waals surface area contributed by atoms with Crippen molar-refractivity contribution in [3.63, 3.8) is 0 Å². The monoisotopic (exact) mass is 620 g/mol. The second-order valence-corrected chi connectivity index (χ2v) is 11.7. The van der Waals surface area contributed by atoms with Crippen LogP contribution in [0.25, 0.3) is 5.76 Å². The zero-order valence-electron chi connectivity index (χ0n) is 25.5.